The number of benzene rings is 1. The molecule has 0 saturated heterocycles. The van der Waals surface area contributed by atoms with Gasteiger partial charge in [0.15, 0.2) is 0 Å². The summed E-state index contributed by atoms with van der Waals surface area (Å²) in [4.78, 5) is 0.342. The predicted octanol–water partition coefficient (Wildman–Crippen LogP) is 1.65. The highest BCUT2D eigenvalue weighted by molar-refractivity contribution is 7.89. The first-order valence-electron chi connectivity index (χ1n) is 6.79. The van der Waals surface area contributed by atoms with Gasteiger partial charge in [-0.05, 0) is 55.8 Å². The highest BCUT2D eigenvalue weighted by Crippen LogP contribution is 2.30. The van der Waals surface area contributed by atoms with Gasteiger partial charge in [0.2, 0.25) is 10.0 Å². The van der Waals surface area contributed by atoms with Gasteiger partial charge in [0.1, 0.15) is 0 Å². The lowest BCUT2D eigenvalue weighted by atomic mass is 9.97. The van der Waals surface area contributed by atoms with Gasteiger partial charge in [-0.25, -0.2) is 13.1 Å². The van der Waals surface area contributed by atoms with Gasteiger partial charge < -0.3 is 5.73 Å². The van der Waals surface area contributed by atoms with Crippen molar-refractivity contribution in [1.82, 2.24) is 4.72 Å². The summed E-state index contributed by atoms with van der Waals surface area (Å²) in [5.41, 5.74) is 6.67. The Morgan fingerprint density at radius 1 is 1.32 bits per heavy atom. The summed E-state index contributed by atoms with van der Waals surface area (Å²) >= 11 is 0. The molecule has 0 aromatic heterocycles. The van der Waals surface area contributed by atoms with E-state index in [1.54, 1.807) is 18.2 Å². The molecule has 2 unspecified atom stereocenters. The van der Waals surface area contributed by atoms with Crippen LogP contribution in [-0.2, 0) is 10.0 Å². The molecular weight excluding hydrogens is 260 g/mol. The molecule has 19 heavy (non-hydrogen) atoms. The highest BCUT2D eigenvalue weighted by atomic mass is 32.2. The van der Waals surface area contributed by atoms with E-state index in [2.05, 4.69) is 4.72 Å². The van der Waals surface area contributed by atoms with Crippen molar-refractivity contribution >= 4 is 10.0 Å². The molecule has 0 heterocycles. The summed E-state index contributed by atoms with van der Waals surface area (Å²) in [5, 5.41) is 0. The fraction of sp³-hybridized carbons (Fsp3) is 0.571. The number of hydrogen-bond donors (Lipinski definition) is 2. The van der Waals surface area contributed by atoms with Gasteiger partial charge >= 0.3 is 0 Å². The van der Waals surface area contributed by atoms with Crippen molar-refractivity contribution in [3.05, 3.63) is 29.8 Å². The van der Waals surface area contributed by atoms with Gasteiger partial charge in [0, 0.05) is 6.54 Å². The Balaban J connectivity index is 2.02. The van der Waals surface area contributed by atoms with E-state index in [-0.39, 0.29) is 0 Å². The standard InChI is InChI=1S/C14H22N2O2S/c1-11-4-2-7-14(8-11)19(17,18)16-10-13-6-3-5-12(13)9-15/h2,4,7-8,12-13,16H,3,5-6,9-10,15H2,1H3. The zero-order valence-electron chi connectivity index (χ0n) is 11.3. The lowest BCUT2D eigenvalue weighted by Crippen LogP contribution is -2.32. The van der Waals surface area contributed by atoms with E-state index in [4.69, 9.17) is 5.73 Å². The zero-order chi connectivity index (χ0) is 13.9. The van der Waals surface area contributed by atoms with Crippen LogP contribution in [0.3, 0.4) is 0 Å². The third-order valence-corrected chi connectivity index (χ3v) is 5.38. The van der Waals surface area contributed by atoms with E-state index < -0.39 is 10.0 Å². The molecule has 1 aliphatic rings. The number of nitrogens with one attached hydrogen (secondary N) is 1. The predicted molar refractivity (Wildman–Crippen MR) is 76.3 cm³/mol. The van der Waals surface area contributed by atoms with Crippen LogP contribution in [0.2, 0.25) is 0 Å². The second kappa shape index (κ2) is 6.03. The summed E-state index contributed by atoms with van der Waals surface area (Å²) in [5.74, 6) is 0.838. The number of hydrogen-bond acceptors (Lipinski definition) is 3. The van der Waals surface area contributed by atoms with Crippen LogP contribution >= 0.6 is 0 Å². The molecule has 3 N–H and O–H groups in total. The normalized spacial score (nSPS) is 23.7. The second-order valence-electron chi connectivity index (χ2n) is 5.36. The van der Waals surface area contributed by atoms with Crippen LogP contribution in [0.4, 0.5) is 0 Å². The number of sulfonamides is 1. The molecule has 0 aliphatic heterocycles. The SMILES string of the molecule is Cc1cccc(S(=O)(=O)NCC2CCCC2CN)c1. The minimum atomic E-state index is -3.39. The van der Waals surface area contributed by atoms with Gasteiger partial charge in [-0.1, -0.05) is 18.6 Å². The molecular formula is C14H22N2O2S. The van der Waals surface area contributed by atoms with E-state index in [1.165, 1.54) is 0 Å². The van der Waals surface area contributed by atoms with Gasteiger partial charge in [-0.2, -0.15) is 0 Å². The molecule has 2 rings (SSSR count). The van der Waals surface area contributed by atoms with Crippen LogP contribution in [0.1, 0.15) is 24.8 Å². The fourth-order valence-electron chi connectivity index (χ4n) is 2.78. The average Bonchev–Trinajstić information content (AvgIpc) is 2.84. The second-order valence-corrected chi connectivity index (χ2v) is 7.12. The lowest BCUT2D eigenvalue weighted by molar-refractivity contribution is 0.393. The van der Waals surface area contributed by atoms with Crippen LogP contribution in [0.25, 0.3) is 0 Å². The van der Waals surface area contributed by atoms with Crippen molar-refractivity contribution in [2.75, 3.05) is 13.1 Å². The van der Waals surface area contributed by atoms with Crippen LogP contribution in [-0.4, -0.2) is 21.5 Å². The molecule has 2 atom stereocenters. The molecule has 0 bridgehead atoms. The topological polar surface area (TPSA) is 72.2 Å². The quantitative estimate of drug-likeness (QED) is 0.862. The summed E-state index contributed by atoms with van der Waals surface area (Å²) in [7, 11) is -3.39. The molecule has 1 saturated carbocycles. The molecule has 5 heteroatoms. The molecule has 106 valence electrons. The molecule has 4 nitrogen and oxygen atoms in total. The average molecular weight is 282 g/mol. The first kappa shape index (κ1) is 14.5. The van der Waals surface area contributed by atoms with Gasteiger partial charge in [-0.15, -0.1) is 0 Å². The minimum absolute atomic E-state index is 0.342. The number of aryl methyl sites for hydroxylation is 1. The Labute approximate surface area is 115 Å². The first-order chi connectivity index (χ1) is 9.03. The van der Waals surface area contributed by atoms with Crippen molar-refractivity contribution in [3.8, 4) is 0 Å². The van der Waals surface area contributed by atoms with Crippen molar-refractivity contribution < 1.29 is 8.42 Å². The maximum Gasteiger partial charge on any atom is 0.240 e. The summed E-state index contributed by atoms with van der Waals surface area (Å²) < 4.78 is 27.1. The molecule has 0 spiro atoms. The summed E-state index contributed by atoms with van der Waals surface area (Å²) in [6.07, 6.45) is 3.34. The van der Waals surface area contributed by atoms with Crippen LogP contribution in [0.5, 0.6) is 0 Å². The molecule has 0 radical (unpaired) electrons. The number of rotatable bonds is 5. The Hall–Kier alpha value is -0.910. The maximum absolute atomic E-state index is 12.2. The Bertz CT molecular complexity index is 528. The molecule has 1 aromatic carbocycles. The Kier molecular flexibility index (Phi) is 4.60. The van der Waals surface area contributed by atoms with Crippen molar-refractivity contribution in [2.24, 2.45) is 17.6 Å². The van der Waals surface area contributed by atoms with Crippen molar-refractivity contribution in [2.45, 2.75) is 31.1 Å². The summed E-state index contributed by atoms with van der Waals surface area (Å²) in [6, 6.07) is 6.98. The zero-order valence-corrected chi connectivity index (χ0v) is 12.1. The van der Waals surface area contributed by atoms with E-state index >= 15 is 0 Å². The van der Waals surface area contributed by atoms with Gasteiger partial charge in [-0.3, -0.25) is 0 Å². The van der Waals surface area contributed by atoms with E-state index in [0.717, 1.165) is 24.8 Å². The smallest absolute Gasteiger partial charge is 0.240 e. The van der Waals surface area contributed by atoms with Crippen molar-refractivity contribution in [3.63, 3.8) is 0 Å². The van der Waals surface area contributed by atoms with Gasteiger partial charge in [0.05, 0.1) is 4.90 Å². The van der Waals surface area contributed by atoms with Crippen molar-refractivity contribution in [1.29, 1.82) is 0 Å². The van der Waals surface area contributed by atoms with E-state index in [9.17, 15) is 8.42 Å². The first-order valence-corrected chi connectivity index (χ1v) is 8.27. The van der Waals surface area contributed by atoms with Crippen LogP contribution < -0.4 is 10.5 Å². The highest BCUT2D eigenvalue weighted by Gasteiger charge is 2.27. The molecule has 1 aliphatic carbocycles. The monoisotopic (exact) mass is 282 g/mol. The third-order valence-electron chi connectivity index (χ3n) is 3.95. The maximum atomic E-state index is 12.2. The molecule has 1 aromatic rings. The number of nitrogens with two attached hydrogens (primary N) is 1. The lowest BCUT2D eigenvalue weighted by Gasteiger charge is -2.18. The largest absolute Gasteiger partial charge is 0.330 e. The fourth-order valence-corrected chi connectivity index (χ4v) is 3.97. The van der Waals surface area contributed by atoms with E-state index in [1.807, 2.05) is 13.0 Å². The van der Waals surface area contributed by atoms with E-state index in [0.29, 0.717) is 29.8 Å². The van der Waals surface area contributed by atoms with Crippen LogP contribution in [0.15, 0.2) is 29.2 Å². The third kappa shape index (κ3) is 3.55. The summed E-state index contributed by atoms with van der Waals surface area (Å²) in [6.45, 7) is 3.04. The Morgan fingerprint density at radius 2 is 2.05 bits per heavy atom. The minimum Gasteiger partial charge on any atom is -0.330 e. The molecule has 0 amide bonds. The van der Waals surface area contributed by atoms with Crippen LogP contribution in [0, 0.1) is 18.8 Å². The molecule has 1 fully saturated rings. The Morgan fingerprint density at radius 3 is 2.74 bits per heavy atom. The van der Waals surface area contributed by atoms with Gasteiger partial charge in [0.25, 0.3) is 0 Å².